The Bertz CT molecular complexity index is 492. The van der Waals surface area contributed by atoms with Crippen molar-refractivity contribution in [1.82, 2.24) is 10.2 Å². The first-order chi connectivity index (χ1) is 10.1. The number of likely N-dealkylation sites (tertiary alicyclic amines) is 1. The quantitative estimate of drug-likeness (QED) is 0.892. The Balaban J connectivity index is 2.01. The Hall–Kier alpha value is -1.26. The lowest BCUT2D eigenvalue weighted by molar-refractivity contribution is 0.158. The number of benzene rings is 1. The summed E-state index contributed by atoms with van der Waals surface area (Å²) in [6.45, 7) is 3.72. The molecular weight excluding hydrogens is 286 g/mol. The second-order valence-corrected chi connectivity index (χ2v) is 6.04. The first-order valence-electron chi connectivity index (χ1n) is 7.60. The normalized spacial score (nSPS) is 18.6. The zero-order chi connectivity index (χ0) is 15.2. The smallest absolute Gasteiger partial charge is 0.322 e. The lowest BCUT2D eigenvalue weighted by Crippen LogP contribution is -2.46. The summed E-state index contributed by atoms with van der Waals surface area (Å²) in [7, 11) is 1.95. The molecule has 1 aliphatic rings. The van der Waals surface area contributed by atoms with Crippen molar-refractivity contribution < 1.29 is 4.79 Å². The number of nitrogens with zero attached hydrogens (tertiary/aromatic N) is 1. The lowest BCUT2D eigenvalue weighted by atomic mass is 10.00. The third-order valence-corrected chi connectivity index (χ3v) is 4.45. The van der Waals surface area contributed by atoms with E-state index >= 15 is 0 Å². The average Bonchev–Trinajstić information content (AvgIpc) is 2.49. The van der Waals surface area contributed by atoms with E-state index in [4.69, 9.17) is 11.6 Å². The van der Waals surface area contributed by atoms with Crippen molar-refractivity contribution in [3.8, 4) is 0 Å². The summed E-state index contributed by atoms with van der Waals surface area (Å²) >= 11 is 6.11. The number of anilines is 1. The molecule has 2 amide bonds. The molecule has 0 saturated carbocycles. The highest BCUT2D eigenvalue weighted by molar-refractivity contribution is 6.31. The van der Waals surface area contributed by atoms with Crippen molar-refractivity contribution in [2.45, 2.75) is 38.6 Å². The van der Waals surface area contributed by atoms with Crippen molar-refractivity contribution in [3.63, 3.8) is 0 Å². The van der Waals surface area contributed by atoms with Gasteiger partial charge in [-0.3, -0.25) is 0 Å². The standard InChI is InChI=1S/C16H24ClN3O/c1-12-6-7-13(11-15(12)17)19-16(21)20-10-4-3-5-14(20)8-9-18-2/h6-7,11,14,18H,3-5,8-10H2,1-2H3,(H,19,21). The van der Waals surface area contributed by atoms with Crippen LogP contribution in [0, 0.1) is 6.92 Å². The third-order valence-electron chi connectivity index (χ3n) is 4.04. The number of carbonyl (C=O) groups is 1. The molecule has 1 aromatic carbocycles. The molecule has 1 unspecified atom stereocenters. The van der Waals surface area contributed by atoms with Crippen molar-refractivity contribution in [1.29, 1.82) is 0 Å². The molecule has 5 heteroatoms. The number of nitrogens with one attached hydrogen (secondary N) is 2. The van der Waals surface area contributed by atoms with Crippen molar-refractivity contribution in [3.05, 3.63) is 28.8 Å². The number of rotatable bonds is 4. The number of hydrogen-bond donors (Lipinski definition) is 2. The van der Waals surface area contributed by atoms with Gasteiger partial charge in [0.15, 0.2) is 0 Å². The van der Waals surface area contributed by atoms with E-state index < -0.39 is 0 Å². The summed E-state index contributed by atoms with van der Waals surface area (Å²) in [6.07, 6.45) is 4.37. The summed E-state index contributed by atoms with van der Waals surface area (Å²) in [5.74, 6) is 0. The maximum atomic E-state index is 12.5. The fraction of sp³-hybridized carbons (Fsp3) is 0.562. The van der Waals surface area contributed by atoms with Crippen molar-refractivity contribution in [2.24, 2.45) is 0 Å². The minimum atomic E-state index is -0.0178. The Morgan fingerprint density at radius 3 is 2.95 bits per heavy atom. The van der Waals surface area contributed by atoms with E-state index in [9.17, 15) is 4.79 Å². The minimum absolute atomic E-state index is 0.0178. The highest BCUT2D eigenvalue weighted by Gasteiger charge is 2.26. The molecule has 4 nitrogen and oxygen atoms in total. The van der Waals surface area contributed by atoms with Crippen LogP contribution in [0.15, 0.2) is 18.2 Å². The van der Waals surface area contributed by atoms with Crippen LogP contribution in [0.5, 0.6) is 0 Å². The number of amides is 2. The van der Waals surface area contributed by atoms with Crippen molar-refractivity contribution in [2.75, 3.05) is 25.5 Å². The predicted molar refractivity (Wildman–Crippen MR) is 88.1 cm³/mol. The van der Waals surface area contributed by atoms with E-state index in [2.05, 4.69) is 10.6 Å². The van der Waals surface area contributed by atoms with Gasteiger partial charge in [0.25, 0.3) is 0 Å². The van der Waals surface area contributed by atoms with E-state index in [-0.39, 0.29) is 6.03 Å². The van der Waals surface area contributed by atoms with E-state index in [1.807, 2.05) is 31.0 Å². The Labute approximate surface area is 131 Å². The van der Waals surface area contributed by atoms with Crippen LogP contribution in [0.4, 0.5) is 10.5 Å². The molecule has 1 saturated heterocycles. The van der Waals surface area contributed by atoms with Gasteiger partial charge in [0.1, 0.15) is 0 Å². The number of urea groups is 1. The largest absolute Gasteiger partial charge is 0.322 e. The summed E-state index contributed by atoms with van der Waals surface area (Å²) in [5, 5.41) is 6.81. The highest BCUT2D eigenvalue weighted by atomic mass is 35.5. The summed E-state index contributed by atoms with van der Waals surface area (Å²) < 4.78 is 0. The summed E-state index contributed by atoms with van der Waals surface area (Å²) in [6, 6.07) is 5.93. The number of aryl methyl sites for hydroxylation is 1. The van der Waals surface area contributed by atoms with Crippen LogP contribution in [0.3, 0.4) is 0 Å². The molecule has 0 spiro atoms. The molecule has 0 aliphatic carbocycles. The molecule has 0 radical (unpaired) electrons. The summed E-state index contributed by atoms with van der Waals surface area (Å²) in [5.41, 5.74) is 1.77. The van der Waals surface area contributed by atoms with Crippen LogP contribution in [0.25, 0.3) is 0 Å². The molecule has 1 aliphatic heterocycles. The molecular formula is C16H24ClN3O. The monoisotopic (exact) mass is 309 g/mol. The predicted octanol–water partition coefficient (Wildman–Crippen LogP) is 3.64. The van der Waals surface area contributed by atoms with Gasteiger partial charge in [0, 0.05) is 23.3 Å². The summed E-state index contributed by atoms with van der Waals surface area (Å²) in [4.78, 5) is 14.5. The van der Waals surface area contributed by atoms with Gasteiger partial charge in [0.05, 0.1) is 0 Å². The van der Waals surface area contributed by atoms with Gasteiger partial charge in [-0.05, 0) is 63.9 Å². The van der Waals surface area contributed by atoms with Crippen LogP contribution >= 0.6 is 11.6 Å². The molecule has 1 fully saturated rings. The van der Waals surface area contributed by atoms with Crippen LogP contribution in [-0.2, 0) is 0 Å². The molecule has 2 N–H and O–H groups in total. The van der Waals surface area contributed by atoms with Crippen LogP contribution < -0.4 is 10.6 Å². The molecule has 1 heterocycles. The number of hydrogen-bond acceptors (Lipinski definition) is 2. The lowest BCUT2D eigenvalue weighted by Gasteiger charge is -2.35. The second-order valence-electron chi connectivity index (χ2n) is 5.63. The van der Waals surface area contributed by atoms with Gasteiger partial charge in [-0.2, -0.15) is 0 Å². The van der Waals surface area contributed by atoms with Gasteiger partial charge >= 0.3 is 6.03 Å². The van der Waals surface area contributed by atoms with E-state index in [1.165, 1.54) is 6.42 Å². The molecule has 21 heavy (non-hydrogen) atoms. The Morgan fingerprint density at radius 1 is 1.43 bits per heavy atom. The zero-order valence-corrected chi connectivity index (χ0v) is 13.5. The van der Waals surface area contributed by atoms with Gasteiger partial charge < -0.3 is 15.5 Å². The van der Waals surface area contributed by atoms with Crippen LogP contribution in [0.2, 0.25) is 5.02 Å². The second kappa shape index (κ2) is 7.66. The van der Waals surface area contributed by atoms with E-state index in [0.717, 1.165) is 43.6 Å². The highest BCUT2D eigenvalue weighted by Crippen LogP contribution is 2.23. The fourth-order valence-electron chi connectivity index (χ4n) is 2.74. The first kappa shape index (κ1) is 16.1. The molecule has 2 rings (SSSR count). The number of carbonyl (C=O) groups excluding carboxylic acids is 1. The Morgan fingerprint density at radius 2 is 2.24 bits per heavy atom. The van der Waals surface area contributed by atoms with Gasteiger partial charge in [-0.1, -0.05) is 17.7 Å². The van der Waals surface area contributed by atoms with Crippen LogP contribution in [-0.4, -0.2) is 37.1 Å². The molecule has 0 aromatic heterocycles. The molecule has 0 bridgehead atoms. The van der Waals surface area contributed by atoms with Gasteiger partial charge in [-0.25, -0.2) is 4.79 Å². The first-order valence-corrected chi connectivity index (χ1v) is 7.98. The maximum Gasteiger partial charge on any atom is 0.322 e. The third kappa shape index (κ3) is 4.35. The van der Waals surface area contributed by atoms with E-state index in [1.54, 1.807) is 6.07 Å². The van der Waals surface area contributed by atoms with Gasteiger partial charge in [0.2, 0.25) is 0 Å². The molecule has 116 valence electrons. The van der Waals surface area contributed by atoms with Gasteiger partial charge in [-0.15, -0.1) is 0 Å². The fourth-order valence-corrected chi connectivity index (χ4v) is 2.93. The minimum Gasteiger partial charge on any atom is -0.322 e. The SMILES string of the molecule is CNCCC1CCCCN1C(=O)Nc1ccc(C)c(Cl)c1. The number of halogens is 1. The topological polar surface area (TPSA) is 44.4 Å². The maximum absolute atomic E-state index is 12.5. The number of piperidine rings is 1. The molecule has 1 aromatic rings. The zero-order valence-electron chi connectivity index (χ0n) is 12.8. The van der Waals surface area contributed by atoms with Crippen molar-refractivity contribution >= 4 is 23.3 Å². The average molecular weight is 310 g/mol. The van der Waals surface area contributed by atoms with E-state index in [0.29, 0.717) is 11.1 Å². The van der Waals surface area contributed by atoms with Crippen LogP contribution in [0.1, 0.15) is 31.2 Å². The molecule has 1 atom stereocenters. The Kier molecular flexibility index (Phi) is 5.88.